The topological polar surface area (TPSA) is 73.9 Å². The number of hydrogen-bond acceptors (Lipinski definition) is 6. The highest BCUT2D eigenvalue weighted by Crippen LogP contribution is 2.27. The van der Waals surface area contributed by atoms with E-state index in [2.05, 4.69) is 5.32 Å². The number of esters is 1. The minimum Gasteiger partial charge on any atom is -0.497 e. The fourth-order valence-corrected chi connectivity index (χ4v) is 2.83. The number of carbonyl (C=O) groups is 2. The molecule has 1 amide bonds. The average Bonchev–Trinajstić information content (AvgIpc) is 2.65. The van der Waals surface area contributed by atoms with Crippen molar-refractivity contribution in [2.24, 2.45) is 0 Å². The Morgan fingerprint density at radius 1 is 1.08 bits per heavy atom. The minimum absolute atomic E-state index is 0.0973. The van der Waals surface area contributed by atoms with Crippen molar-refractivity contribution in [3.05, 3.63) is 47.5 Å². The van der Waals surface area contributed by atoms with Crippen molar-refractivity contribution in [3.8, 4) is 11.5 Å². The fourth-order valence-electron chi connectivity index (χ4n) is 1.97. The molecule has 0 saturated heterocycles. The number of amides is 1. The second-order valence-corrected chi connectivity index (χ2v) is 6.50. The predicted molar refractivity (Wildman–Crippen MR) is 101 cm³/mol. The van der Waals surface area contributed by atoms with Crippen molar-refractivity contribution >= 4 is 40.9 Å². The van der Waals surface area contributed by atoms with Gasteiger partial charge in [-0.2, -0.15) is 0 Å². The molecule has 0 saturated carbocycles. The molecular weight excluding hydrogens is 378 g/mol. The summed E-state index contributed by atoms with van der Waals surface area (Å²) in [7, 11) is 3.07. The van der Waals surface area contributed by atoms with Crippen LogP contribution in [-0.2, 0) is 14.3 Å². The van der Waals surface area contributed by atoms with Gasteiger partial charge in [0.25, 0.3) is 5.91 Å². The van der Waals surface area contributed by atoms with Crippen molar-refractivity contribution < 1.29 is 23.8 Å². The van der Waals surface area contributed by atoms with Crippen LogP contribution in [0.15, 0.2) is 47.4 Å². The molecule has 0 aromatic heterocycles. The highest BCUT2D eigenvalue weighted by molar-refractivity contribution is 8.00. The van der Waals surface area contributed by atoms with Gasteiger partial charge in [0.05, 0.1) is 25.7 Å². The van der Waals surface area contributed by atoms with Crippen molar-refractivity contribution in [1.29, 1.82) is 0 Å². The second-order valence-electron chi connectivity index (χ2n) is 5.02. The lowest BCUT2D eigenvalue weighted by atomic mass is 10.3. The molecule has 0 aliphatic heterocycles. The van der Waals surface area contributed by atoms with Crippen LogP contribution in [-0.4, -0.2) is 38.5 Å². The van der Waals surface area contributed by atoms with Crippen LogP contribution in [0.1, 0.15) is 0 Å². The molecule has 0 bridgehead atoms. The maximum Gasteiger partial charge on any atom is 0.316 e. The number of carbonyl (C=O) groups excluding carboxylic acids is 2. The molecule has 0 radical (unpaired) electrons. The van der Waals surface area contributed by atoms with E-state index >= 15 is 0 Å². The van der Waals surface area contributed by atoms with E-state index in [-0.39, 0.29) is 5.75 Å². The van der Waals surface area contributed by atoms with E-state index in [4.69, 9.17) is 25.8 Å². The Morgan fingerprint density at radius 3 is 2.46 bits per heavy atom. The maximum absolute atomic E-state index is 11.9. The Kier molecular flexibility index (Phi) is 7.62. The van der Waals surface area contributed by atoms with Gasteiger partial charge in [-0.05, 0) is 42.5 Å². The van der Waals surface area contributed by atoms with Gasteiger partial charge in [-0.1, -0.05) is 11.6 Å². The molecule has 2 rings (SSSR count). The van der Waals surface area contributed by atoms with Gasteiger partial charge in [-0.3, -0.25) is 9.59 Å². The Morgan fingerprint density at radius 2 is 1.81 bits per heavy atom. The number of hydrogen-bond donors (Lipinski definition) is 1. The summed E-state index contributed by atoms with van der Waals surface area (Å²) < 4.78 is 15.2. The van der Waals surface area contributed by atoms with Gasteiger partial charge >= 0.3 is 5.97 Å². The Balaban J connectivity index is 1.77. The number of anilines is 1. The van der Waals surface area contributed by atoms with Crippen LogP contribution in [0.2, 0.25) is 5.02 Å². The molecule has 8 heteroatoms. The van der Waals surface area contributed by atoms with Crippen LogP contribution in [0.3, 0.4) is 0 Å². The number of ether oxygens (including phenoxy) is 3. The van der Waals surface area contributed by atoms with Crippen LogP contribution >= 0.6 is 23.4 Å². The van der Waals surface area contributed by atoms with Crippen LogP contribution in [0.4, 0.5) is 5.69 Å². The molecule has 2 aromatic carbocycles. The van der Waals surface area contributed by atoms with E-state index < -0.39 is 18.5 Å². The normalized spacial score (nSPS) is 10.1. The molecule has 26 heavy (non-hydrogen) atoms. The summed E-state index contributed by atoms with van der Waals surface area (Å²) in [4.78, 5) is 24.6. The molecule has 0 atom stereocenters. The molecule has 2 aromatic rings. The van der Waals surface area contributed by atoms with E-state index in [0.29, 0.717) is 16.5 Å². The van der Waals surface area contributed by atoms with Gasteiger partial charge in [-0.15, -0.1) is 11.8 Å². The number of thioether (sulfide) groups is 1. The van der Waals surface area contributed by atoms with Crippen molar-refractivity contribution in [1.82, 2.24) is 0 Å². The van der Waals surface area contributed by atoms with E-state index in [9.17, 15) is 9.59 Å². The minimum atomic E-state index is -0.487. The van der Waals surface area contributed by atoms with Gasteiger partial charge in [0.2, 0.25) is 0 Å². The molecular formula is C18H18ClNO5S. The van der Waals surface area contributed by atoms with Gasteiger partial charge in [0.15, 0.2) is 6.61 Å². The first-order chi connectivity index (χ1) is 12.5. The Bertz CT molecular complexity index is 767. The van der Waals surface area contributed by atoms with Crippen LogP contribution in [0, 0.1) is 0 Å². The average molecular weight is 396 g/mol. The molecule has 0 aliphatic carbocycles. The molecule has 0 unspecified atom stereocenters. The Labute approximate surface area is 160 Å². The predicted octanol–water partition coefficient (Wildman–Crippen LogP) is 3.63. The lowest BCUT2D eigenvalue weighted by Gasteiger charge is -2.10. The number of nitrogens with one attached hydrogen (secondary N) is 1. The summed E-state index contributed by atoms with van der Waals surface area (Å²) >= 11 is 7.21. The molecule has 1 N–H and O–H groups in total. The molecule has 0 spiro atoms. The van der Waals surface area contributed by atoms with E-state index in [0.717, 1.165) is 10.6 Å². The third kappa shape index (κ3) is 6.16. The largest absolute Gasteiger partial charge is 0.497 e. The smallest absolute Gasteiger partial charge is 0.316 e. The maximum atomic E-state index is 11.9. The summed E-state index contributed by atoms with van der Waals surface area (Å²) in [6, 6.07) is 12.1. The molecule has 138 valence electrons. The fraction of sp³-hybridized carbons (Fsp3) is 0.222. The first-order valence-corrected chi connectivity index (χ1v) is 8.94. The zero-order chi connectivity index (χ0) is 18.9. The summed E-state index contributed by atoms with van der Waals surface area (Å²) in [6.07, 6.45) is 0. The van der Waals surface area contributed by atoms with Crippen molar-refractivity contribution in [2.45, 2.75) is 4.90 Å². The van der Waals surface area contributed by atoms with Crippen LogP contribution < -0.4 is 14.8 Å². The van der Waals surface area contributed by atoms with Gasteiger partial charge in [0.1, 0.15) is 11.5 Å². The molecule has 0 heterocycles. The molecule has 0 aliphatic rings. The highest BCUT2D eigenvalue weighted by atomic mass is 35.5. The van der Waals surface area contributed by atoms with E-state index in [1.807, 2.05) is 12.1 Å². The van der Waals surface area contributed by atoms with Gasteiger partial charge in [-0.25, -0.2) is 0 Å². The number of methoxy groups -OCH3 is 2. The standard InChI is InChI=1S/C18H18ClNO5S/c1-23-13-4-6-14(7-5-13)26-11-18(22)25-10-17(21)20-15-9-12(19)3-8-16(15)24-2/h3-9H,10-11H2,1-2H3,(H,20,21). The van der Waals surface area contributed by atoms with Gasteiger partial charge in [0, 0.05) is 9.92 Å². The summed E-state index contributed by atoms with van der Waals surface area (Å²) in [5, 5.41) is 3.05. The molecule has 0 fully saturated rings. The first-order valence-electron chi connectivity index (χ1n) is 7.57. The zero-order valence-electron chi connectivity index (χ0n) is 14.3. The molecule has 6 nitrogen and oxygen atoms in total. The third-order valence-electron chi connectivity index (χ3n) is 3.22. The summed E-state index contributed by atoms with van der Waals surface area (Å²) in [5.41, 5.74) is 0.411. The third-order valence-corrected chi connectivity index (χ3v) is 4.44. The summed E-state index contributed by atoms with van der Waals surface area (Å²) in [6.45, 7) is -0.391. The monoisotopic (exact) mass is 395 g/mol. The highest BCUT2D eigenvalue weighted by Gasteiger charge is 2.11. The Hall–Kier alpha value is -2.38. The SMILES string of the molecule is COc1ccc(SCC(=O)OCC(=O)Nc2cc(Cl)ccc2OC)cc1. The lowest BCUT2D eigenvalue weighted by molar-refractivity contribution is -0.144. The van der Waals surface area contributed by atoms with Crippen LogP contribution in [0.25, 0.3) is 0 Å². The second kappa shape index (κ2) is 9.94. The number of rotatable bonds is 8. The number of halogens is 1. The zero-order valence-corrected chi connectivity index (χ0v) is 15.9. The van der Waals surface area contributed by atoms with Crippen LogP contribution in [0.5, 0.6) is 11.5 Å². The van der Waals surface area contributed by atoms with Gasteiger partial charge < -0.3 is 19.5 Å². The lowest BCUT2D eigenvalue weighted by Crippen LogP contribution is -2.21. The van der Waals surface area contributed by atoms with Crippen molar-refractivity contribution in [3.63, 3.8) is 0 Å². The van der Waals surface area contributed by atoms with E-state index in [1.54, 1.807) is 37.4 Å². The first kappa shape index (κ1) is 19.9. The quantitative estimate of drug-likeness (QED) is 0.543. The summed E-state index contributed by atoms with van der Waals surface area (Å²) in [5.74, 6) is 0.335. The number of benzene rings is 2. The van der Waals surface area contributed by atoms with E-state index in [1.165, 1.54) is 18.9 Å². The van der Waals surface area contributed by atoms with Crippen molar-refractivity contribution in [2.75, 3.05) is 31.9 Å².